The Bertz CT molecular complexity index is 352. The molecular weight excluding hydrogens is 214 g/mol. The summed E-state index contributed by atoms with van der Waals surface area (Å²) in [5.41, 5.74) is 2.10. The zero-order chi connectivity index (χ0) is 11.3. The first-order valence-corrected chi connectivity index (χ1v) is 5.04. The van der Waals surface area contributed by atoms with E-state index in [9.17, 15) is 4.79 Å². The minimum absolute atomic E-state index is 0.195. The highest BCUT2D eigenvalue weighted by atomic mass is 35.5. The van der Waals surface area contributed by atoms with E-state index in [1.165, 1.54) is 7.11 Å². The van der Waals surface area contributed by atoms with Crippen LogP contribution in [0.1, 0.15) is 11.1 Å². The number of hydrogen-bond acceptors (Lipinski definition) is 3. The third kappa shape index (κ3) is 3.90. The minimum atomic E-state index is -0.279. The largest absolute Gasteiger partial charge is 0.468 e. The van der Waals surface area contributed by atoms with Gasteiger partial charge in [-0.05, 0) is 24.1 Å². The second kappa shape index (κ2) is 5.73. The molecule has 0 aliphatic heterocycles. The van der Waals surface area contributed by atoms with Crippen LogP contribution in [0.3, 0.4) is 0 Å². The van der Waals surface area contributed by atoms with Gasteiger partial charge < -0.3 is 10.1 Å². The van der Waals surface area contributed by atoms with Crippen LogP contribution in [0.5, 0.6) is 0 Å². The smallest absolute Gasteiger partial charge is 0.319 e. The summed E-state index contributed by atoms with van der Waals surface area (Å²) in [6.07, 6.45) is 0. The van der Waals surface area contributed by atoms with Gasteiger partial charge in [0.2, 0.25) is 0 Å². The van der Waals surface area contributed by atoms with E-state index in [4.69, 9.17) is 11.6 Å². The van der Waals surface area contributed by atoms with Crippen LogP contribution >= 0.6 is 11.6 Å². The first-order chi connectivity index (χ1) is 7.13. The van der Waals surface area contributed by atoms with Gasteiger partial charge in [-0.25, -0.2) is 0 Å². The van der Waals surface area contributed by atoms with Gasteiger partial charge in [-0.15, -0.1) is 0 Å². The average molecular weight is 228 g/mol. The number of esters is 1. The summed E-state index contributed by atoms with van der Waals surface area (Å²) >= 11 is 6.02. The van der Waals surface area contributed by atoms with Crippen molar-refractivity contribution in [3.8, 4) is 0 Å². The van der Waals surface area contributed by atoms with Crippen molar-refractivity contribution < 1.29 is 9.53 Å². The quantitative estimate of drug-likeness (QED) is 0.799. The summed E-state index contributed by atoms with van der Waals surface area (Å²) in [4.78, 5) is 10.8. The van der Waals surface area contributed by atoms with E-state index in [0.29, 0.717) is 11.6 Å². The molecule has 0 atom stereocenters. The lowest BCUT2D eigenvalue weighted by atomic mass is 10.1. The van der Waals surface area contributed by atoms with Crippen molar-refractivity contribution in [2.75, 3.05) is 13.7 Å². The van der Waals surface area contributed by atoms with E-state index < -0.39 is 0 Å². The number of ether oxygens (including phenoxy) is 1. The summed E-state index contributed by atoms with van der Waals surface area (Å²) < 4.78 is 4.50. The maximum absolute atomic E-state index is 10.8. The monoisotopic (exact) mass is 227 g/mol. The first-order valence-electron chi connectivity index (χ1n) is 4.66. The van der Waals surface area contributed by atoms with Crippen LogP contribution in [0.4, 0.5) is 0 Å². The van der Waals surface area contributed by atoms with Gasteiger partial charge in [0.25, 0.3) is 0 Å². The Kier molecular flexibility index (Phi) is 4.59. The van der Waals surface area contributed by atoms with Gasteiger partial charge in [-0.1, -0.05) is 23.7 Å². The number of methoxy groups -OCH3 is 1. The molecule has 1 rings (SSSR count). The fourth-order valence-electron chi connectivity index (χ4n) is 1.17. The highest BCUT2D eigenvalue weighted by molar-refractivity contribution is 6.31. The Morgan fingerprint density at radius 1 is 1.53 bits per heavy atom. The molecule has 0 aliphatic carbocycles. The van der Waals surface area contributed by atoms with Crippen molar-refractivity contribution in [2.24, 2.45) is 0 Å². The molecule has 0 fully saturated rings. The third-order valence-corrected chi connectivity index (χ3v) is 2.37. The number of carbonyl (C=O) groups is 1. The third-order valence-electron chi connectivity index (χ3n) is 2.02. The molecule has 0 unspecified atom stereocenters. The molecule has 0 spiro atoms. The molecule has 82 valence electrons. The molecule has 15 heavy (non-hydrogen) atoms. The number of nitrogens with one attached hydrogen (secondary N) is 1. The molecule has 0 saturated carbocycles. The molecule has 1 aromatic carbocycles. The number of hydrogen-bond donors (Lipinski definition) is 1. The van der Waals surface area contributed by atoms with E-state index in [0.717, 1.165) is 11.1 Å². The van der Waals surface area contributed by atoms with Crippen molar-refractivity contribution in [1.82, 2.24) is 5.32 Å². The molecule has 0 radical (unpaired) electrons. The van der Waals surface area contributed by atoms with Crippen molar-refractivity contribution in [1.29, 1.82) is 0 Å². The van der Waals surface area contributed by atoms with Crippen molar-refractivity contribution in [3.05, 3.63) is 34.3 Å². The van der Waals surface area contributed by atoms with Gasteiger partial charge in [0.15, 0.2) is 0 Å². The summed E-state index contributed by atoms with van der Waals surface area (Å²) in [6.45, 7) is 2.74. The summed E-state index contributed by atoms with van der Waals surface area (Å²) in [5, 5.41) is 3.67. The van der Waals surface area contributed by atoms with Crippen LogP contribution < -0.4 is 5.32 Å². The van der Waals surface area contributed by atoms with E-state index in [1.807, 2.05) is 25.1 Å². The van der Waals surface area contributed by atoms with Gasteiger partial charge in [-0.3, -0.25) is 4.79 Å². The lowest BCUT2D eigenvalue weighted by molar-refractivity contribution is -0.139. The van der Waals surface area contributed by atoms with E-state index in [-0.39, 0.29) is 12.5 Å². The Labute approximate surface area is 94.4 Å². The maximum atomic E-state index is 10.8. The minimum Gasteiger partial charge on any atom is -0.468 e. The average Bonchev–Trinajstić information content (AvgIpc) is 2.21. The molecule has 0 amide bonds. The fraction of sp³-hybridized carbons (Fsp3) is 0.364. The molecular formula is C11H14ClNO2. The number of halogens is 1. The van der Waals surface area contributed by atoms with Crippen LogP contribution in [-0.2, 0) is 16.1 Å². The van der Waals surface area contributed by atoms with E-state index in [2.05, 4.69) is 10.1 Å². The predicted octanol–water partition coefficient (Wildman–Crippen LogP) is 1.91. The molecule has 1 N–H and O–H groups in total. The van der Waals surface area contributed by atoms with Crippen molar-refractivity contribution >= 4 is 17.6 Å². The van der Waals surface area contributed by atoms with Gasteiger partial charge in [-0.2, -0.15) is 0 Å². The highest BCUT2D eigenvalue weighted by Crippen LogP contribution is 2.16. The number of aryl methyl sites for hydroxylation is 1. The fourth-order valence-corrected chi connectivity index (χ4v) is 1.47. The number of carbonyl (C=O) groups excluding carboxylic acids is 1. The topological polar surface area (TPSA) is 38.3 Å². The predicted molar refractivity (Wildman–Crippen MR) is 59.9 cm³/mol. The molecule has 1 aromatic rings. The zero-order valence-electron chi connectivity index (χ0n) is 8.84. The second-order valence-corrected chi connectivity index (χ2v) is 3.68. The second-order valence-electron chi connectivity index (χ2n) is 3.27. The molecule has 0 heterocycles. The molecule has 3 nitrogen and oxygen atoms in total. The van der Waals surface area contributed by atoms with Gasteiger partial charge >= 0.3 is 5.97 Å². The summed E-state index contributed by atoms with van der Waals surface area (Å²) in [7, 11) is 1.36. The highest BCUT2D eigenvalue weighted by Gasteiger charge is 2.02. The van der Waals surface area contributed by atoms with Gasteiger partial charge in [0.1, 0.15) is 0 Å². The standard InChI is InChI=1S/C11H14ClNO2/c1-8-3-4-9(10(12)5-8)6-13-7-11(14)15-2/h3-5,13H,6-7H2,1-2H3. The van der Waals surface area contributed by atoms with Crippen molar-refractivity contribution in [2.45, 2.75) is 13.5 Å². The lowest BCUT2D eigenvalue weighted by Gasteiger charge is -2.06. The van der Waals surface area contributed by atoms with Gasteiger partial charge in [0.05, 0.1) is 13.7 Å². The van der Waals surface area contributed by atoms with E-state index in [1.54, 1.807) is 0 Å². The maximum Gasteiger partial charge on any atom is 0.319 e. The normalized spacial score (nSPS) is 10.1. The Morgan fingerprint density at radius 3 is 2.87 bits per heavy atom. The Balaban J connectivity index is 2.47. The van der Waals surface area contributed by atoms with Crippen LogP contribution in [0.25, 0.3) is 0 Å². The SMILES string of the molecule is COC(=O)CNCc1ccc(C)cc1Cl. The van der Waals surface area contributed by atoms with Crippen molar-refractivity contribution in [3.63, 3.8) is 0 Å². The Hall–Kier alpha value is -1.06. The molecule has 0 aromatic heterocycles. The van der Waals surface area contributed by atoms with Crippen LogP contribution in [0, 0.1) is 6.92 Å². The lowest BCUT2D eigenvalue weighted by Crippen LogP contribution is -2.23. The van der Waals surface area contributed by atoms with Crippen LogP contribution in [0.2, 0.25) is 5.02 Å². The van der Waals surface area contributed by atoms with Gasteiger partial charge in [0, 0.05) is 11.6 Å². The van der Waals surface area contributed by atoms with Crippen LogP contribution in [0.15, 0.2) is 18.2 Å². The number of rotatable bonds is 4. The first kappa shape index (κ1) is 12.0. The zero-order valence-corrected chi connectivity index (χ0v) is 9.60. The number of benzene rings is 1. The molecule has 4 heteroatoms. The summed E-state index contributed by atoms with van der Waals surface area (Å²) in [6, 6.07) is 5.83. The molecule has 0 bridgehead atoms. The molecule has 0 aliphatic rings. The van der Waals surface area contributed by atoms with Crippen LogP contribution in [-0.4, -0.2) is 19.6 Å². The summed E-state index contributed by atoms with van der Waals surface area (Å²) in [5.74, 6) is -0.279. The Morgan fingerprint density at radius 2 is 2.27 bits per heavy atom. The van der Waals surface area contributed by atoms with E-state index >= 15 is 0 Å². The molecule has 0 saturated heterocycles.